The fourth-order valence-electron chi connectivity index (χ4n) is 1.41. The number of benzene rings is 1. The first-order valence-corrected chi connectivity index (χ1v) is 4.77. The summed E-state index contributed by atoms with van der Waals surface area (Å²) in [6.45, 7) is 0.296. The van der Waals surface area contributed by atoms with Gasteiger partial charge in [-0.25, -0.2) is 0 Å². The summed E-state index contributed by atoms with van der Waals surface area (Å²) >= 11 is 0. The number of nitrogens with one attached hydrogen (secondary N) is 1. The highest BCUT2D eigenvalue weighted by atomic mass is 16.5. The summed E-state index contributed by atoms with van der Waals surface area (Å²) in [4.78, 5) is 0. The first kappa shape index (κ1) is 12.3. The lowest BCUT2D eigenvalue weighted by Gasteiger charge is -2.14. The molecule has 1 aromatic rings. The predicted octanol–water partition coefficient (Wildman–Crippen LogP) is 0.525. The molecule has 0 heterocycles. The lowest BCUT2D eigenvalue weighted by molar-refractivity contribution is 0.173. The van der Waals surface area contributed by atoms with Crippen molar-refractivity contribution in [2.75, 3.05) is 20.7 Å². The van der Waals surface area contributed by atoms with E-state index in [0.717, 1.165) is 0 Å². The van der Waals surface area contributed by atoms with E-state index in [0.29, 0.717) is 17.9 Å². The van der Waals surface area contributed by atoms with Crippen molar-refractivity contribution in [1.29, 1.82) is 5.26 Å². The number of likely N-dealkylation sites (N-methyl/N-ethyl adjacent to an activating group) is 1. The van der Waals surface area contributed by atoms with Crippen LogP contribution in [-0.2, 0) is 0 Å². The minimum Gasteiger partial charge on any atom is -0.507 e. The van der Waals surface area contributed by atoms with Gasteiger partial charge in [0.25, 0.3) is 0 Å². The van der Waals surface area contributed by atoms with Crippen LogP contribution in [0.15, 0.2) is 12.1 Å². The fourth-order valence-corrected chi connectivity index (χ4v) is 1.41. The van der Waals surface area contributed by atoms with Crippen molar-refractivity contribution in [3.05, 3.63) is 23.3 Å². The zero-order chi connectivity index (χ0) is 12.1. The highest BCUT2D eigenvalue weighted by Gasteiger charge is 2.15. The molecule has 0 bridgehead atoms. The second-order valence-corrected chi connectivity index (χ2v) is 3.30. The maximum absolute atomic E-state index is 9.71. The van der Waals surface area contributed by atoms with Gasteiger partial charge in [-0.2, -0.15) is 5.26 Å². The number of nitriles is 1. The summed E-state index contributed by atoms with van der Waals surface area (Å²) < 4.78 is 4.93. The highest BCUT2D eigenvalue weighted by molar-refractivity contribution is 5.52. The van der Waals surface area contributed by atoms with Crippen molar-refractivity contribution >= 4 is 0 Å². The molecule has 0 aliphatic heterocycles. The van der Waals surface area contributed by atoms with Crippen LogP contribution in [0.4, 0.5) is 0 Å². The van der Waals surface area contributed by atoms with Gasteiger partial charge >= 0.3 is 0 Å². The average molecular weight is 222 g/mol. The van der Waals surface area contributed by atoms with Crippen LogP contribution in [0.5, 0.6) is 11.5 Å². The number of hydrogen-bond acceptors (Lipinski definition) is 5. The molecule has 0 aliphatic carbocycles. The smallest absolute Gasteiger partial charge is 0.140 e. The molecule has 0 radical (unpaired) electrons. The summed E-state index contributed by atoms with van der Waals surface area (Å²) in [5, 5.41) is 31.0. The molecule has 5 heteroatoms. The number of rotatable bonds is 4. The van der Waals surface area contributed by atoms with Crippen LogP contribution in [0, 0.1) is 11.3 Å². The number of methoxy groups -OCH3 is 1. The molecule has 1 rings (SSSR count). The van der Waals surface area contributed by atoms with E-state index in [-0.39, 0.29) is 11.3 Å². The van der Waals surface area contributed by atoms with E-state index < -0.39 is 6.10 Å². The second kappa shape index (κ2) is 5.35. The van der Waals surface area contributed by atoms with Gasteiger partial charge in [-0.3, -0.25) is 0 Å². The first-order chi connectivity index (χ1) is 7.63. The topological polar surface area (TPSA) is 85.5 Å². The normalized spacial score (nSPS) is 11.9. The van der Waals surface area contributed by atoms with E-state index >= 15 is 0 Å². The minimum atomic E-state index is -0.858. The molecule has 0 saturated carbocycles. The Morgan fingerprint density at radius 1 is 1.56 bits per heavy atom. The van der Waals surface area contributed by atoms with Gasteiger partial charge in [0.05, 0.1) is 18.8 Å². The van der Waals surface area contributed by atoms with Gasteiger partial charge in [0.2, 0.25) is 0 Å². The van der Waals surface area contributed by atoms with E-state index in [2.05, 4.69) is 5.32 Å². The third kappa shape index (κ3) is 2.42. The van der Waals surface area contributed by atoms with Crippen LogP contribution in [0.3, 0.4) is 0 Å². The molecule has 0 aromatic heterocycles. The van der Waals surface area contributed by atoms with E-state index in [1.165, 1.54) is 19.2 Å². The first-order valence-electron chi connectivity index (χ1n) is 4.77. The Bertz CT molecular complexity index is 412. The van der Waals surface area contributed by atoms with E-state index in [1.54, 1.807) is 7.05 Å². The van der Waals surface area contributed by atoms with Crippen LogP contribution in [-0.4, -0.2) is 30.9 Å². The van der Waals surface area contributed by atoms with Crippen molar-refractivity contribution in [2.45, 2.75) is 6.10 Å². The number of aliphatic hydroxyl groups is 1. The summed E-state index contributed by atoms with van der Waals surface area (Å²) in [6.07, 6.45) is -0.858. The van der Waals surface area contributed by atoms with Gasteiger partial charge < -0.3 is 20.3 Å². The summed E-state index contributed by atoms with van der Waals surface area (Å²) in [6, 6.07) is 4.70. The van der Waals surface area contributed by atoms with Gasteiger partial charge in [0.1, 0.15) is 17.6 Å². The molecule has 16 heavy (non-hydrogen) atoms. The summed E-state index contributed by atoms with van der Waals surface area (Å²) in [5.74, 6) is 0.207. The van der Waals surface area contributed by atoms with Crippen molar-refractivity contribution in [2.24, 2.45) is 0 Å². The molecule has 5 nitrogen and oxygen atoms in total. The SMILES string of the molecule is CNCC(O)c1cc(C#N)c(OC)cc1O. The van der Waals surface area contributed by atoms with Gasteiger partial charge in [-0.15, -0.1) is 0 Å². The lowest BCUT2D eigenvalue weighted by atomic mass is 10.0. The summed E-state index contributed by atoms with van der Waals surface area (Å²) in [5.41, 5.74) is 0.595. The monoisotopic (exact) mass is 222 g/mol. The molecular formula is C11H14N2O3. The van der Waals surface area contributed by atoms with Gasteiger partial charge in [-0.05, 0) is 13.1 Å². The largest absolute Gasteiger partial charge is 0.507 e. The molecule has 0 saturated heterocycles. The van der Waals surface area contributed by atoms with Crippen LogP contribution >= 0.6 is 0 Å². The van der Waals surface area contributed by atoms with Crippen molar-refractivity contribution < 1.29 is 14.9 Å². The summed E-state index contributed by atoms with van der Waals surface area (Å²) in [7, 11) is 3.11. The second-order valence-electron chi connectivity index (χ2n) is 3.30. The van der Waals surface area contributed by atoms with Crippen molar-refractivity contribution in [3.8, 4) is 17.6 Å². The molecule has 0 fully saturated rings. The molecule has 86 valence electrons. The average Bonchev–Trinajstić information content (AvgIpc) is 2.28. The molecule has 3 N–H and O–H groups in total. The van der Waals surface area contributed by atoms with Crippen molar-refractivity contribution in [1.82, 2.24) is 5.32 Å². The molecule has 0 spiro atoms. The quantitative estimate of drug-likeness (QED) is 0.691. The molecule has 0 aliphatic rings. The Balaban J connectivity index is 3.17. The molecule has 0 amide bonds. The lowest BCUT2D eigenvalue weighted by Crippen LogP contribution is -2.17. The number of ether oxygens (including phenoxy) is 1. The number of phenols is 1. The minimum absolute atomic E-state index is 0.0846. The number of aromatic hydroxyl groups is 1. The highest BCUT2D eigenvalue weighted by Crippen LogP contribution is 2.31. The van der Waals surface area contributed by atoms with Crippen LogP contribution in [0.2, 0.25) is 0 Å². The van der Waals surface area contributed by atoms with Crippen LogP contribution < -0.4 is 10.1 Å². The van der Waals surface area contributed by atoms with Gasteiger partial charge in [0, 0.05) is 18.2 Å². The Hall–Kier alpha value is -1.77. The molecule has 1 unspecified atom stereocenters. The van der Waals surface area contributed by atoms with E-state index in [9.17, 15) is 10.2 Å². The molecule has 1 aromatic carbocycles. The Labute approximate surface area is 93.9 Å². The van der Waals surface area contributed by atoms with Gasteiger partial charge in [0.15, 0.2) is 0 Å². The van der Waals surface area contributed by atoms with E-state index in [4.69, 9.17) is 10.00 Å². The zero-order valence-corrected chi connectivity index (χ0v) is 9.19. The number of phenolic OH excluding ortho intramolecular Hbond substituents is 1. The third-order valence-electron chi connectivity index (χ3n) is 2.23. The zero-order valence-electron chi connectivity index (χ0n) is 9.19. The Morgan fingerprint density at radius 3 is 2.75 bits per heavy atom. The maximum Gasteiger partial charge on any atom is 0.140 e. The number of hydrogen-bond donors (Lipinski definition) is 3. The van der Waals surface area contributed by atoms with Crippen molar-refractivity contribution in [3.63, 3.8) is 0 Å². The number of nitrogens with zero attached hydrogens (tertiary/aromatic N) is 1. The molecular weight excluding hydrogens is 208 g/mol. The number of aliphatic hydroxyl groups excluding tert-OH is 1. The standard InChI is InChI=1S/C11H14N2O3/c1-13-6-10(15)8-3-7(5-12)11(16-2)4-9(8)14/h3-4,10,13-15H,6H2,1-2H3. The molecule has 1 atom stereocenters. The Kier molecular flexibility index (Phi) is 4.11. The maximum atomic E-state index is 9.71. The third-order valence-corrected chi connectivity index (χ3v) is 2.23. The Morgan fingerprint density at radius 2 is 2.25 bits per heavy atom. The van der Waals surface area contributed by atoms with Gasteiger partial charge in [-0.1, -0.05) is 0 Å². The fraction of sp³-hybridized carbons (Fsp3) is 0.364. The van der Waals surface area contributed by atoms with Crippen LogP contribution in [0.25, 0.3) is 0 Å². The van der Waals surface area contributed by atoms with Crippen LogP contribution in [0.1, 0.15) is 17.2 Å². The van der Waals surface area contributed by atoms with E-state index in [1.807, 2.05) is 6.07 Å². The predicted molar refractivity (Wildman–Crippen MR) is 58.3 cm³/mol.